The van der Waals surface area contributed by atoms with Crippen molar-refractivity contribution >= 4 is 11.8 Å². The van der Waals surface area contributed by atoms with Gasteiger partial charge in [-0.15, -0.1) is 0 Å². The first-order valence-corrected chi connectivity index (χ1v) is 5.04. The number of hydrogen-bond acceptors (Lipinski definition) is 2. The molecule has 1 aromatic rings. The van der Waals surface area contributed by atoms with E-state index >= 15 is 0 Å². The lowest BCUT2D eigenvalue weighted by Gasteiger charge is -2.01. The van der Waals surface area contributed by atoms with Gasteiger partial charge in [-0.3, -0.25) is 0 Å². The molecular weight excluding hydrogens is 156 g/mol. The molecule has 1 nitrogen and oxygen atoms in total. The summed E-state index contributed by atoms with van der Waals surface area (Å²) in [7, 11) is 0. The van der Waals surface area contributed by atoms with Gasteiger partial charge in [0.1, 0.15) is 5.76 Å². The molecule has 0 spiro atoms. The first kappa shape index (κ1) is 8.72. The van der Waals surface area contributed by atoms with Gasteiger partial charge in [-0.2, -0.15) is 11.8 Å². The van der Waals surface area contributed by atoms with Gasteiger partial charge in [0.25, 0.3) is 0 Å². The van der Waals surface area contributed by atoms with Crippen LogP contribution in [0.15, 0.2) is 22.8 Å². The van der Waals surface area contributed by atoms with Crippen LogP contribution in [0.3, 0.4) is 0 Å². The van der Waals surface area contributed by atoms with Gasteiger partial charge in [-0.05, 0) is 23.8 Å². The summed E-state index contributed by atoms with van der Waals surface area (Å²) in [5, 5.41) is 0. The summed E-state index contributed by atoms with van der Waals surface area (Å²) < 4.78 is 5.19. The van der Waals surface area contributed by atoms with Crippen LogP contribution in [-0.2, 0) is 5.75 Å². The fourth-order valence-electron chi connectivity index (χ4n) is 0.790. The fourth-order valence-corrected chi connectivity index (χ4v) is 1.74. The van der Waals surface area contributed by atoms with Crippen LogP contribution in [0.1, 0.15) is 19.6 Å². The van der Waals surface area contributed by atoms with E-state index in [4.69, 9.17) is 4.42 Å². The van der Waals surface area contributed by atoms with Crippen molar-refractivity contribution in [1.82, 2.24) is 0 Å². The van der Waals surface area contributed by atoms with Crippen LogP contribution in [-0.4, -0.2) is 5.75 Å². The summed E-state index contributed by atoms with van der Waals surface area (Å²) >= 11 is 1.93. The monoisotopic (exact) mass is 170 g/mol. The molecule has 0 aliphatic heterocycles. The van der Waals surface area contributed by atoms with Gasteiger partial charge in [0, 0.05) is 0 Å². The summed E-state index contributed by atoms with van der Waals surface area (Å²) in [4.78, 5) is 0. The summed E-state index contributed by atoms with van der Waals surface area (Å²) in [5.41, 5.74) is 0. The molecule has 0 amide bonds. The first-order valence-electron chi connectivity index (χ1n) is 3.89. The smallest absolute Gasteiger partial charge is 0.113 e. The molecule has 0 unspecified atom stereocenters. The number of rotatable bonds is 4. The molecule has 1 heterocycles. The molecule has 0 atom stereocenters. The van der Waals surface area contributed by atoms with Gasteiger partial charge >= 0.3 is 0 Å². The number of furan rings is 1. The Morgan fingerprint density at radius 3 is 2.91 bits per heavy atom. The van der Waals surface area contributed by atoms with Gasteiger partial charge in [-0.25, -0.2) is 0 Å². The Balaban J connectivity index is 2.14. The summed E-state index contributed by atoms with van der Waals surface area (Å²) in [5.74, 6) is 4.07. The minimum atomic E-state index is 0.773. The standard InChI is InChI=1S/C9H14OS/c1-8(2)6-11-7-9-4-3-5-10-9/h3-5,8H,6-7H2,1-2H3. The molecule has 0 aliphatic rings. The Bertz CT molecular complexity index is 179. The maximum absolute atomic E-state index is 5.19. The highest BCUT2D eigenvalue weighted by atomic mass is 32.2. The van der Waals surface area contributed by atoms with Crippen molar-refractivity contribution in [3.05, 3.63) is 24.2 Å². The summed E-state index contributed by atoms with van der Waals surface area (Å²) in [6.07, 6.45) is 1.73. The molecule has 0 radical (unpaired) electrons. The van der Waals surface area contributed by atoms with E-state index in [1.165, 1.54) is 5.75 Å². The maximum Gasteiger partial charge on any atom is 0.113 e. The lowest BCUT2D eigenvalue weighted by atomic mass is 10.3. The Labute approximate surface area is 72.2 Å². The average Bonchev–Trinajstić information content (AvgIpc) is 2.39. The lowest BCUT2D eigenvalue weighted by Crippen LogP contribution is -1.90. The van der Waals surface area contributed by atoms with Crippen molar-refractivity contribution in [1.29, 1.82) is 0 Å². The molecule has 1 aromatic heterocycles. The van der Waals surface area contributed by atoms with Crippen LogP contribution in [0.2, 0.25) is 0 Å². The van der Waals surface area contributed by atoms with Crippen molar-refractivity contribution in [3.8, 4) is 0 Å². The second-order valence-electron chi connectivity index (χ2n) is 2.99. The first-order chi connectivity index (χ1) is 5.29. The normalized spacial score (nSPS) is 10.8. The second kappa shape index (κ2) is 4.50. The van der Waals surface area contributed by atoms with Crippen molar-refractivity contribution < 1.29 is 4.42 Å². The van der Waals surface area contributed by atoms with Crippen molar-refractivity contribution in [2.45, 2.75) is 19.6 Å². The molecule has 2 heteroatoms. The van der Waals surface area contributed by atoms with Crippen molar-refractivity contribution in [2.75, 3.05) is 5.75 Å². The molecule has 0 fully saturated rings. The third kappa shape index (κ3) is 3.51. The molecule has 62 valence electrons. The zero-order valence-corrected chi connectivity index (χ0v) is 7.86. The molecule has 0 N–H and O–H groups in total. The second-order valence-corrected chi connectivity index (χ2v) is 4.02. The van der Waals surface area contributed by atoms with Gasteiger partial charge in [-0.1, -0.05) is 13.8 Å². The minimum Gasteiger partial charge on any atom is -0.468 e. The SMILES string of the molecule is CC(C)CSCc1ccco1. The van der Waals surface area contributed by atoms with E-state index < -0.39 is 0 Å². The van der Waals surface area contributed by atoms with Crippen molar-refractivity contribution in [3.63, 3.8) is 0 Å². The zero-order chi connectivity index (χ0) is 8.10. The van der Waals surface area contributed by atoms with E-state index in [2.05, 4.69) is 13.8 Å². The highest BCUT2D eigenvalue weighted by Crippen LogP contribution is 2.14. The Hall–Kier alpha value is -0.370. The highest BCUT2D eigenvalue weighted by Gasteiger charge is 1.97. The quantitative estimate of drug-likeness (QED) is 0.688. The minimum absolute atomic E-state index is 0.773. The van der Waals surface area contributed by atoms with Gasteiger partial charge in [0.05, 0.1) is 12.0 Å². The van der Waals surface area contributed by atoms with E-state index in [1.54, 1.807) is 6.26 Å². The number of thioether (sulfide) groups is 1. The zero-order valence-electron chi connectivity index (χ0n) is 7.04. The predicted molar refractivity (Wildman–Crippen MR) is 49.7 cm³/mol. The average molecular weight is 170 g/mol. The van der Waals surface area contributed by atoms with E-state index in [1.807, 2.05) is 23.9 Å². The molecular formula is C9H14OS. The predicted octanol–water partition coefficient (Wildman–Crippen LogP) is 3.17. The van der Waals surface area contributed by atoms with E-state index in [0.717, 1.165) is 17.4 Å². The van der Waals surface area contributed by atoms with Gasteiger partial charge < -0.3 is 4.42 Å². The van der Waals surface area contributed by atoms with Crippen LogP contribution in [0.5, 0.6) is 0 Å². The van der Waals surface area contributed by atoms with Crippen LogP contribution in [0, 0.1) is 5.92 Å². The molecule has 11 heavy (non-hydrogen) atoms. The Morgan fingerprint density at radius 1 is 1.55 bits per heavy atom. The number of hydrogen-bond donors (Lipinski definition) is 0. The Kier molecular flexibility index (Phi) is 3.57. The van der Waals surface area contributed by atoms with E-state index in [9.17, 15) is 0 Å². The van der Waals surface area contributed by atoms with E-state index in [0.29, 0.717) is 0 Å². The lowest BCUT2D eigenvalue weighted by molar-refractivity contribution is 0.530. The topological polar surface area (TPSA) is 13.1 Å². The van der Waals surface area contributed by atoms with Crippen LogP contribution < -0.4 is 0 Å². The molecule has 0 aliphatic carbocycles. The van der Waals surface area contributed by atoms with Crippen LogP contribution in [0.25, 0.3) is 0 Å². The maximum atomic E-state index is 5.19. The molecule has 0 bridgehead atoms. The summed E-state index contributed by atoms with van der Waals surface area (Å²) in [6, 6.07) is 3.96. The molecule has 0 saturated carbocycles. The molecule has 0 aromatic carbocycles. The van der Waals surface area contributed by atoms with E-state index in [-0.39, 0.29) is 0 Å². The van der Waals surface area contributed by atoms with Crippen LogP contribution >= 0.6 is 11.8 Å². The molecule has 1 rings (SSSR count). The largest absolute Gasteiger partial charge is 0.468 e. The summed E-state index contributed by atoms with van der Waals surface area (Å²) in [6.45, 7) is 4.46. The molecule has 0 saturated heterocycles. The fraction of sp³-hybridized carbons (Fsp3) is 0.556. The van der Waals surface area contributed by atoms with Gasteiger partial charge in [0.2, 0.25) is 0 Å². The van der Waals surface area contributed by atoms with Crippen molar-refractivity contribution in [2.24, 2.45) is 5.92 Å². The third-order valence-electron chi connectivity index (χ3n) is 1.28. The Morgan fingerprint density at radius 2 is 2.36 bits per heavy atom. The van der Waals surface area contributed by atoms with Crippen LogP contribution in [0.4, 0.5) is 0 Å². The third-order valence-corrected chi connectivity index (χ3v) is 2.67. The van der Waals surface area contributed by atoms with Gasteiger partial charge in [0.15, 0.2) is 0 Å². The highest BCUT2D eigenvalue weighted by molar-refractivity contribution is 7.98.